The standard InChI is InChI=1S/C28H26/c1-3-22-6-14-26(15-7-22)28-18-10-24(11-19-28)20-23-8-16-27(17-9-23)25-12-4-21(2)5-13-25/h4-19H,3,20H2,1-2H3. The average molecular weight is 363 g/mol. The van der Waals surface area contributed by atoms with Gasteiger partial charge in [0.25, 0.3) is 0 Å². The molecule has 0 fully saturated rings. The molecule has 4 aromatic carbocycles. The molecule has 0 saturated carbocycles. The van der Waals surface area contributed by atoms with E-state index < -0.39 is 0 Å². The summed E-state index contributed by atoms with van der Waals surface area (Å²) in [7, 11) is 0. The molecular formula is C28H26. The van der Waals surface area contributed by atoms with E-state index in [-0.39, 0.29) is 0 Å². The van der Waals surface area contributed by atoms with Crippen LogP contribution in [0.3, 0.4) is 0 Å². The van der Waals surface area contributed by atoms with Gasteiger partial charge >= 0.3 is 0 Å². The maximum atomic E-state index is 2.25. The summed E-state index contributed by atoms with van der Waals surface area (Å²) < 4.78 is 0. The first-order valence-corrected chi connectivity index (χ1v) is 10.1. The van der Waals surface area contributed by atoms with Crippen LogP contribution in [0.1, 0.15) is 29.2 Å². The van der Waals surface area contributed by atoms with Gasteiger partial charge in [0.2, 0.25) is 0 Å². The molecule has 28 heavy (non-hydrogen) atoms. The van der Waals surface area contributed by atoms with Crippen molar-refractivity contribution in [3.63, 3.8) is 0 Å². The van der Waals surface area contributed by atoms with E-state index in [4.69, 9.17) is 0 Å². The molecule has 0 N–H and O–H groups in total. The van der Waals surface area contributed by atoms with Gasteiger partial charge in [-0.3, -0.25) is 0 Å². The Morgan fingerprint density at radius 1 is 0.429 bits per heavy atom. The van der Waals surface area contributed by atoms with E-state index in [2.05, 4.69) is 111 Å². The Kier molecular flexibility index (Phi) is 5.39. The molecule has 0 unspecified atom stereocenters. The fraction of sp³-hybridized carbons (Fsp3) is 0.143. The Morgan fingerprint density at radius 3 is 1.11 bits per heavy atom. The highest BCUT2D eigenvalue weighted by atomic mass is 14.1. The van der Waals surface area contributed by atoms with Gasteiger partial charge in [0.15, 0.2) is 0 Å². The Bertz CT molecular complexity index is 1020. The number of hydrogen-bond donors (Lipinski definition) is 0. The molecule has 0 aliphatic heterocycles. The van der Waals surface area contributed by atoms with Crippen LogP contribution in [0.4, 0.5) is 0 Å². The summed E-state index contributed by atoms with van der Waals surface area (Å²) in [6, 6.07) is 35.5. The fourth-order valence-electron chi connectivity index (χ4n) is 3.54. The van der Waals surface area contributed by atoms with Crippen LogP contribution in [-0.2, 0) is 12.8 Å². The van der Waals surface area contributed by atoms with Gasteiger partial charge in [-0.05, 0) is 58.7 Å². The van der Waals surface area contributed by atoms with Gasteiger partial charge < -0.3 is 0 Å². The predicted molar refractivity (Wildman–Crippen MR) is 121 cm³/mol. The van der Waals surface area contributed by atoms with Crippen LogP contribution in [-0.4, -0.2) is 0 Å². The number of aryl methyl sites for hydroxylation is 2. The highest BCUT2D eigenvalue weighted by molar-refractivity contribution is 5.65. The Balaban J connectivity index is 1.46. The lowest BCUT2D eigenvalue weighted by Crippen LogP contribution is -1.89. The highest BCUT2D eigenvalue weighted by Gasteiger charge is 2.02. The molecule has 0 heteroatoms. The molecule has 0 nitrogen and oxygen atoms in total. The molecule has 0 aliphatic carbocycles. The molecular weight excluding hydrogens is 336 g/mol. The molecule has 0 aliphatic rings. The molecule has 0 amide bonds. The van der Waals surface area contributed by atoms with E-state index in [9.17, 15) is 0 Å². The number of hydrogen-bond acceptors (Lipinski definition) is 0. The van der Waals surface area contributed by atoms with Crippen molar-refractivity contribution in [2.45, 2.75) is 26.7 Å². The largest absolute Gasteiger partial charge is 0.0613 e. The first kappa shape index (κ1) is 18.3. The Morgan fingerprint density at radius 2 is 0.750 bits per heavy atom. The van der Waals surface area contributed by atoms with Crippen LogP contribution in [0.2, 0.25) is 0 Å². The minimum Gasteiger partial charge on any atom is -0.0613 e. The van der Waals surface area contributed by atoms with Crippen molar-refractivity contribution in [1.29, 1.82) is 0 Å². The monoisotopic (exact) mass is 362 g/mol. The first-order valence-electron chi connectivity index (χ1n) is 10.1. The van der Waals surface area contributed by atoms with Crippen molar-refractivity contribution in [2.75, 3.05) is 0 Å². The minimum absolute atomic E-state index is 0.962. The zero-order chi connectivity index (χ0) is 19.3. The number of benzene rings is 4. The molecule has 0 aromatic heterocycles. The Labute approximate surface area is 168 Å². The van der Waals surface area contributed by atoms with Crippen molar-refractivity contribution in [1.82, 2.24) is 0 Å². The molecule has 0 radical (unpaired) electrons. The molecule has 0 spiro atoms. The van der Waals surface area contributed by atoms with E-state index in [0.717, 1.165) is 12.8 Å². The summed E-state index contributed by atoms with van der Waals surface area (Å²) >= 11 is 0. The van der Waals surface area contributed by atoms with Gasteiger partial charge in [-0.15, -0.1) is 0 Å². The summed E-state index contributed by atoms with van der Waals surface area (Å²) in [5.74, 6) is 0. The molecule has 0 bridgehead atoms. The third-order valence-electron chi connectivity index (χ3n) is 5.40. The summed E-state index contributed by atoms with van der Waals surface area (Å²) in [6.45, 7) is 4.31. The maximum Gasteiger partial charge on any atom is -0.00258 e. The molecule has 0 heterocycles. The molecule has 0 saturated heterocycles. The molecule has 0 atom stereocenters. The lowest BCUT2D eigenvalue weighted by atomic mass is 9.98. The van der Waals surface area contributed by atoms with Gasteiger partial charge in [-0.2, -0.15) is 0 Å². The topological polar surface area (TPSA) is 0 Å². The van der Waals surface area contributed by atoms with Crippen LogP contribution in [0.15, 0.2) is 97.1 Å². The lowest BCUT2D eigenvalue weighted by Gasteiger charge is -2.07. The zero-order valence-corrected chi connectivity index (χ0v) is 16.7. The summed E-state index contributed by atoms with van der Waals surface area (Å²) in [4.78, 5) is 0. The quantitative estimate of drug-likeness (QED) is 0.345. The van der Waals surface area contributed by atoms with Crippen molar-refractivity contribution >= 4 is 0 Å². The summed E-state index contributed by atoms with van der Waals surface area (Å²) in [6.07, 6.45) is 2.05. The van der Waals surface area contributed by atoms with E-state index in [1.54, 1.807) is 0 Å². The number of rotatable bonds is 5. The van der Waals surface area contributed by atoms with Gasteiger partial charge in [-0.25, -0.2) is 0 Å². The van der Waals surface area contributed by atoms with Gasteiger partial charge in [0.1, 0.15) is 0 Å². The third kappa shape index (κ3) is 4.23. The van der Waals surface area contributed by atoms with E-state index >= 15 is 0 Å². The van der Waals surface area contributed by atoms with Crippen LogP contribution < -0.4 is 0 Å². The lowest BCUT2D eigenvalue weighted by molar-refractivity contribution is 1.14. The second kappa shape index (κ2) is 8.27. The van der Waals surface area contributed by atoms with Gasteiger partial charge in [0, 0.05) is 0 Å². The second-order valence-electron chi connectivity index (χ2n) is 7.49. The first-order chi connectivity index (χ1) is 13.7. The van der Waals surface area contributed by atoms with Crippen LogP contribution in [0.5, 0.6) is 0 Å². The second-order valence-corrected chi connectivity index (χ2v) is 7.49. The minimum atomic E-state index is 0.962. The summed E-state index contributed by atoms with van der Waals surface area (Å²) in [5.41, 5.74) is 10.5. The van der Waals surface area contributed by atoms with E-state index in [1.165, 1.54) is 44.5 Å². The van der Waals surface area contributed by atoms with Crippen LogP contribution in [0.25, 0.3) is 22.3 Å². The SMILES string of the molecule is CCc1ccc(-c2ccc(Cc3ccc(-c4ccc(C)cc4)cc3)cc2)cc1. The Hall–Kier alpha value is -3.12. The maximum absolute atomic E-state index is 2.25. The normalized spacial score (nSPS) is 10.8. The van der Waals surface area contributed by atoms with Crippen molar-refractivity contribution in [3.05, 3.63) is 119 Å². The van der Waals surface area contributed by atoms with Crippen LogP contribution >= 0.6 is 0 Å². The van der Waals surface area contributed by atoms with Gasteiger partial charge in [-0.1, -0.05) is 110 Å². The third-order valence-corrected chi connectivity index (χ3v) is 5.40. The van der Waals surface area contributed by atoms with Gasteiger partial charge in [0.05, 0.1) is 0 Å². The van der Waals surface area contributed by atoms with Crippen molar-refractivity contribution in [3.8, 4) is 22.3 Å². The molecule has 4 rings (SSSR count). The fourth-order valence-corrected chi connectivity index (χ4v) is 3.54. The predicted octanol–water partition coefficient (Wildman–Crippen LogP) is 7.48. The average Bonchev–Trinajstić information content (AvgIpc) is 2.76. The molecule has 4 aromatic rings. The molecule has 138 valence electrons. The smallest absolute Gasteiger partial charge is 0.00258 e. The van der Waals surface area contributed by atoms with Crippen LogP contribution in [0, 0.1) is 6.92 Å². The zero-order valence-electron chi connectivity index (χ0n) is 16.7. The van der Waals surface area contributed by atoms with E-state index in [1.807, 2.05) is 0 Å². The highest BCUT2D eigenvalue weighted by Crippen LogP contribution is 2.23. The van der Waals surface area contributed by atoms with Crippen molar-refractivity contribution < 1.29 is 0 Å². The van der Waals surface area contributed by atoms with E-state index in [0.29, 0.717) is 0 Å². The summed E-state index contributed by atoms with van der Waals surface area (Å²) in [5, 5.41) is 0. The van der Waals surface area contributed by atoms with Crippen molar-refractivity contribution in [2.24, 2.45) is 0 Å².